The molecule has 0 bridgehead atoms. The number of anilines is 2. The number of carbonyl (C=O) groups excluding carboxylic acids is 1. The van der Waals surface area contributed by atoms with Crippen molar-refractivity contribution >= 4 is 28.6 Å². The van der Waals surface area contributed by atoms with Crippen molar-refractivity contribution in [3.63, 3.8) is 0 Å². The Balaban J connectivity index is 1.52. The molecule has 3 heterocycles. The monoisotopic (exact) mass is 376 g/mol. The van der Waals surface area contributed by atoms with Crippen molar-refractivity contribution in [2.45, 2.75) is 12.5 Å². The zero-order chi connectivity index (χ0) is 19.1. The van der Waals surface area contributed by atoms with Gasteiger partial charge >= 0.3 is 0 Å². The Morgan fingerprint density at radius 2 is 1.64 bits per heavy atom. The van der Waals surface area contributed by atoms with Crippen molar-refractivity contribution in [2.75, 3.05) is 36.5 Å². The minimum absolute atomic E-state index is 0.157. The highest BCUT2D eigenvalue weighted by Gasteiger charge is 2.35. The predicted molar refractivity (Wildman–Crippen MR) is 106 cm³/mol. The maximum atomic E-state index is 13.4. The van der Waals surface area contributed by atoms with Crippen LogP contribution in [0.15, 0.2) is 48.5 Å². The quantitative estimate of drug-likeness (QED) is 0.650. The fourth-order valence-corrected chi connectivity index (χ4v) is 3.63. The summed E-state index contributed by atoms with van der Waals surface area (Å²) in [6.45, 7) is 1.54. The molecule has 7 heteroatoms. The van der Waals surface area contributed by atoms with E-state index in [0.29, 0.717) is 29.7 Å². The molecular formula is C21H20N4O3. The summed E-state index contributed by atoms with van der Waals surface area (Å²) >= 11 is 0. The highest BCUT2D eigenvalue weighted by molar-refractivity contribution is 5.99. The average molecular weight is 376 g/mol. The van der Waals surface area contributed by atoms with Crippen LogP contribution in [0.4, 0.5) is 11.6 Å². The van der Waals surface area contributed by atoms with Crippen molar-refractivity contribution in [3.05, 3.63) is 48.5 Å². The lowest BCUT2D eigenvalue weighted by Crippen LogP contribution is -2.47. The van der Waals surface area contributed by atoms with E-state index in [1.807, 2.05) is 55.6 Å². The number of fused-ring (bicyclic) bond motifs is 3. The molecule has 0 saturated heterocycles. The summed E-state index contributed by atoms with van der Waals surface area (Å²) in [4.78, 5) is 26.6. The molecule has 0 aliphatic carbocycles. The van der Waals surface area contributed by atoms with Crippen molar-refractivity contribution in [1.82, 2.24) is 9.97 Å². The molecule has 1 atom stereocenters. The second-order valence-corrected chi connectivity index (χ2v) is 6.99. The summed E-state index contributed by atoms with van der Waals surface area (Å²) in [6.07, 6.45) is 0.111. The lowest BCUT2D eigenvalue weighted by molar-refractivity contribution is -0.127. The number of aromatic nitrogens is 2. The fourth-order valence-electron chi connectivity index (χ4n) is 3.63. The third-order valence-electron chi connectivity index (χ3n) is 5.08. The van der Waals surface area contributed by atoms with Crippen LogP contribution >= 0.6 is 0 Å². The largest absolute Gasteiger partial charge is 0.485 e. The normalized spacial score (nSPS) is 18.5. The number of benzene rings is 2. The lowest BCUT2D eigenvalue weighted by Gasteiger charge is -2.30. The molecule has 0 saturated carbocycles. The van der Waals surface area contributed by atoms with Gasteiger partial charge in [-0.25, -0.2) is 9.97 Å². The number of ether oxygens (including phenoxy) is 2. The molecule has 1 aromatic heterocycles. The maximum Gasteiger partial charge on any atom is 0.272 e. The van der Waals surface area contributed by atoms with Crippen molar-refractivity contribution in [1.29, 1.82) is 0 Å². The van der Waals surface area contributed by atoms with E-state index in [9.17, 15) is 4.79 Å². The maximum absolute atomic E-state index is 13.4. The molecule has 0 radical (unpaired) electrons. The number of hydrogen-bond acceptors (Lipinski definition) is 6. The number of rotatable bonds is 1. The first-order valence-electron chi connectivity index (χ1n) is 9.38. The summed E-state index contributed by atoms with van der Waals surface area (Å²) in [5, 5.41) is 0. The van der Waals surface area contributed by atoms with Gasteiger partial charge in [-0.05, 0) is 30.7 Å². The van der Waals surface area contributed by atoms with Gasteiger partial charge in [0, 0.05) is 20.1 Å². The van der Waals surface area contributed by atoms with Crippen LogP contribution in [-0.2, 0) is 4.79 Å². The Kier molecular flexibility index (Phi) is 4.00. The number of nitrogens with zero attached hydrogens (tertiary/aromatic N) is 4. The SMILES string of the molecule is CN1CCCN(C(=O)C2COc3ccccc3O2)c2nc3ccccc3nc21. The Hall–Kier alpha value is -3.35. The van der Waals surface area contributed by atoms with Gasteiger partial charge in [-0.2, -0.15) is 0 Å². The summed E-state index contributed by atoms with van der Waals surface area (Å²) < 4.78 is 11.7. The van der Waals surface area contributed by atoms with E-state index in [-0.39, 0.29) is 12.5 Å². The van der Waals surface area contributed by atoms with Crippen molar-refractivity contribution in [2.24, 2.45) is 0 Å². The lowest BCUT2D eigenvalue weighted by atomic mass is 10.2. The molecule has 2 aliphatic rings. The summed E-state index contributed by atoms with van der Waals surface area (Å²) in [6, 6.07) is 15.1. The smallest absolute Gasteiger partial charge is 0.272 e. The molecule has 0 fully saturated rings. The molecule has 5 rings (SSSR count). The molecule has 1 unspecified atom stereocenters. The highest BCUT2D eigenvalue weighted by Crippen LogP contribution is 2.34. The van der Waals surface area contributed by atoms with Crippen LogP contribution in [0.2, 0.25) is 0 Å². The Morgan fingerprint density at radius 1 is 0.964 bits per heavy atom. The second-order valence-electron chi connectivity index (χ2n) is 6.99. The van der Waals surface area contributed by atoms with E-state index in [1.54, 1.807) is 4.90 Å². The van der Waals surface area contributed by atoms with Gasteiger partial charge in [0.2, 0.25) is 6.10 Å². The molecule has 142 valence electrons. The molecule has 2 aromatic carbocycles. The fraction of sp³-hybridized carbons (Fsp3) is 0.286. The van der Waals surface area contributed by atoms with Crippen LogP contribution in [0.5, 0.6) is 11.5 Å². The Morgan fingerprint density at radius 3 is 2.43 bits per heavy atom. The van der Waals surface area contributed by atoms with Crippen LogP contribution < -0.4 is 19.3 Å². The minimum atomic E-state index is -0.709. The molecule has 2 aliphatic heterocycles. The van der Waals surface area contributed by atoms with E-state index >= 15 is 0 Å². The molecule has 3 aromatic rings. The van der Waals surface area contributed by atoms with Crippen LogP contribution in [-0.4, -0.2) is 48.7 Å². The standard InChI is InChI=1S/C21H20N4O3/c1-24-11-6-12-25(20-19(24)22-14-7-2-3-8-15(14)23-20)21(26)18-13-27-16-9-4-5-10-17(16)28-18/h2-5,7-10,18H,6,11-13H2,1H3. The van der Waals surface area contributed by atoms with Gasteiger partial charge in [0.15, 0.2) is 23.1 Å². The summed E-state index contributed by atoms with van der Waals surface area (Å²) in [7, 11) is 1.98. The molecule has 7 nitrogen and oxygen atoms in total. The van der Waals surface area contributed by atoms with Crippen LogP contribution in [0.3, 0.4) is 0 Å². The van der Waals surface area contributed by atoms with Gasteiger partial charge in [-0.3, -0.25) is 9.69 Å². The number of hydrogen-bond donors (Lipinski definition) is 0. The average Bonchev–Trinajstić information content (AvgIpc) is 2.90. The summed E-state index contributed by atoms with van der Waals surface area (Å²) in [5.41, 5.74) is 1.58. The van der Waals surface area contributed by atoms with E-state index in [1.165, 1.54) is 0 Å². The third-order valence-corrected chi connectivity index (χ3v) is 5.08. The zero-order valence-corrected chi connectivity index (χ0v) is 15.5. The Labute approximate surface area is 162 Å². The first-order valence-corrected chi connectivity index (χ1v) is 9.38. The van der Waals surface area contributed by atoms with Crippen LogP contribution in [0.1, 0.15) is 6.42 Å². The number of amides is 1. The number of carbonyl (C=O) groups is 1. The third kappa shape index (κ3) is 2.79. The predicted octanol–water partition coefficient (Wildman–Crippen LogP) is 2.64. The zero-order valence-electron chi connectivity index (χ0n) is 15.5. The van der Waals surface area contributed by atoms with Crippen molar-refractivity contribution < 1.29 is 14.3 Å². The van der Waals surface area contributed by atoms with Gasteiger partial charge in [-0.15, -0.1) is 0 Å². The minimum Gasteiger partial charge on any atom is -0.485 e. The second kappa shape index (κ2) is 6.67. The number of para-hydroxylation sites is 4. The van der Waals surface area contributed by atoms with Gasteiger partial charge in [0.05, 0.1) is 11.0 Å². The van der Waals surface area contributed by atoms with Crippen molar-refractivity contribution in [3.8, 4) is 11.5 Å². The first-order chi connectivity index (χ1) is 13.7. The Bertz CT molecular complexity index is 1050. The first kappa shape index (κ1) is 16.8. The van der Waals surface area contributed by atoms with Crippen LogP contribution in [0, 0.1) is 0 Å². The topological polar surface area (TPSA) is 67.8 Å². The molecule has 0 spiro atoms. The van der Waals surface area contributed by atoms with E-state index < -0.39 is 6.10 Å². The van der Waals surface area contributed by atoms with Gasteiger partial charge < -0.3 is 14.4 Å². The van der Waals surface area contributed by atoms with Crippen LogP contribution in [0.25, 0.3) is 11.0 Å². The molecule has 28 heavy (non-hydrogen) atoms. The van der Waals surface area contributed by atoms with E-state index in [4.69, 9.17) is 19.4 Å². The van der Waals surface area contributed by atoms with E-state index in [2.05, 4.69) is 4.90 Å². The van der Waals surface area contributed by atoms with Gasteiger partial charge in [0.25, 0.3) is 5.91 Å². The van der Waals surface area contributed by atoms with Gasteiger partial charge in [0.1, 0.15) is 6.61 Å². The van der Waals surface area contributed by atoms with E-state index in [0.717, 1.165) is 24.0 Å². The summed E-state index contributed by atoms with van der Waals surface area (Å²) in [5.74, 6) is 2.38. The molecular weight excluding hydrogens is 356 g/mol. The van der Waals surface area contributed by atoms with Gasteiger partial charge in [-0.1, -0.05) is 24.3 Å². The molecule has 1 amide bonds. The molecule has 0 N–H and O–H groups in total. The highest BCUT2D eigenvalue weighted by atomic mass is 16.6.